The van der Waals surface area contributed by atoms with Crippen molar-refractivity contribution in [3.05, 3.63) is 30.0 Å². The molecular formula is C12H16N2O2. The molecule has 0 radical (unpaired) electrons. The molecule has 0 saturated heterocycles. The standard InChI is InChI=1S/C12H16N2O2/c1-16-12-6-8-3-5-14-10(8)7-9(12)11(15)2-4-13/h3,5-7,11,14-15H,2,4,13H2,1H3. The SMILES string of the molecule is COc1cc2cc[nH]c2cc1C(O)CCN. The van der Waals surface area contributed by atoms with Gasteiger partial charge in [0.05, 0.1) is 13.2 Å². The number of nitrogens with one attached hydrogen (secondary N) is 1. The van der Waals surface area contributed by atoms with Crippen molar-refractivity contribution in [3.63, 3.8) is 0 Å². The Balaban J connectivity index is 2.48. The lowest BCUT2D eigenvalue weighted by molar-refractivity contribution is 0.166. The third-order valence-corrected chi connectivity index (χ3v) is 2.70. The van der Waals surface area contributed by atoms with Gasteiger partial charge in [0.15, 0.2) is 0 Å². The van der Waals surface area contributed by atoms with E-state index in [2.05, 4.69) is 4.98 Å². The molecule has 0 bridgehead atoms. The summed E-state index contributed by atoms with van der Waals surface area (Å²) in [4.78, 5) is 3.11. The van der Waals surface area contributed by atoms with Gasteiger partial charge in [-0.15, -0.1) is 0 Å². The van der Waals surface area contributed by atoms with E-state index in [1.807, 2.05) is 24.4 Å². The second-order valence-electron chi connectivity index (χ2n) is 3.75. The molecule has 0 aliphatic rings. The lowest BCUT2D eigenvalue weighted by Crippen LogP contribution is -2.07. The van der Waals surface area contributed by atoms with Gasteiger partial charge in [-0.3, -0.25) is 0 Å². The zero-order chi connectivity index (χ0) is 11.5. The lowest BCUT2D eigenvalue weighted by atomic mass is 10.0. The van der Waals surface area contributed by atoms with E-state index >= 15 is 0 Å². The minimum Gasteiger partial charge on any atom is -0.496 e. The number of aliphatic hydroxyl groups excluding tert-OH is 1. The van der Waals surface area contributed by atoms with E-state index in [9.17, 15) is 5.11 Å². The van der Waals surface area contributed by atoms with Crippen molar-refractivity contribution >= 4 is 10.9 Å². The zero-order valence-electron chi connectivity index (χ0n) is 9.23. The van der Waals surface area contributed by atoms with Gasteiger partial charge in [-0.2, -0.15) is 0 Å². The average Bonchev–Trinajstić information content (AvgIpc) is 2.74. The van der Waals surface area contributed by atoms with Crippen molar-refractivity contribution in [2.45, 2.75) is 12.5 Å². The number of ether oxygens (including phenoxy) is 1. The number of fused-ring (bicyclic) bond motifs is 1. The molecule has 4 heteroatoms. The van der Waals surface area contributed by atoms with Crippen molar-refractivity contribution in [2.75, 3.05) is 13.7 Å². The van der Waals surface area contributed by atoms with Crippen LogP contribution < -0.4 is 10.5 Å². The Bertz CT molecular complexity index is 479. The van der Waals surface area contributed by atoms with Gasteiger partial charge >= 0.3 is 0 Å². The van der Waals surface area contributed by atoms with Crippen LogP contribution >= 0.6 is 0 Å². The van der Waals surface area contributed by atoms with Crippen LogP contribution in [-0.4, -0.2) is 23.7 Å². The van der Waals surface area contributed by atoms with E-state index in [4.69, 9.17) is 10.5 Å². The van der Waals surface area contributed by atoms with Gasteiger partial charge in [-0.25, -0.2) is 0 Å². The van der Waals surface area contributed by atoms with Crippen LogP contribution in [0.5, 0.6) is 5.75 Å². The summed E-state index contributed by atoms with van der Waals surface area (Å²) in [5, 5.41) is 11.0. The number of rotatable bonds is 4. The molecule has 86 valence electrons. The van der Waals surface area contributed by atoms with Gasteiger partial charge in [0.1, 0.15) is 5.75 Å². The van der Waals surface area contributed by atoms with E-state index in [-0.39, 0.29) is 0 Å². The number of hydrogen-bond acceptors (Lipinski definition) is 3. The van der Waals surface area contributed by atoms with E-state index in [0.29, 0.717) is 18.7 Å². The molecule has 1 atom stereocenters. The van der Waals surface area contributed by atoms with E-state index in [0.717, 1.165) is 16.5 Å². The number of aromatic nitrogens is 1. The molecule has 1 unspecified atom stereocenters. The third-order valence-electron chi connectivity index (χ3n) is 2.70. The summed E-state index contributed by atoms with van der Waals surface area (Å²) in [7, 11) is 1.60. The minimum atomic E-state index is -0.576. The van der Waals surface area contributed by atoms with Gasteiger partial charge in [0.25, 0.3) is 0 Å². The maximum Gasteiger partial charge on any atom is 0.125 e. The molecule has 0 fully saturated rings. The molecule has 0 aliphatic heterocycles. The zero-order valence-corrected chi connectivity index (χ0v) is 9.23. The molecule has 0 amide bonds. The Morgan fingerprint density at radius 3 is 3.00 bits per heavy atom. The van der Waals surface area contributed by atoms with E-state index in [1.165, 1.54) is 0 Å². The van der Waals surface area contributed by atoms with Crippen LogP contribution in [0.1, 0.15) is 18.1 Å². The summed E-state index contributed by atoms with van der Waals surface area (Å²) < 4.78 is 5.28. The summed E-state index contributed by atoms with van der Waals surface area (Å²) in [6.07, 6.45) is 1.82. The Morgan fingerprint density at radius 1 is 1.50 bits per heavy atom. The number of H-pyrrole nitrogens is 1. The maximum atomic E-state index is 9.96. The summed E-state index contributed by atoms with van der Waals surface area (Å²) in [5.41, 5.74) is 7.22. The number of nitrogens with two attached hydrogens (primary N) is 1. The second kappa shape index (κ2) is 4.55. The van der Waals surface area contributed by atoms with Crippen LogP contribution in [0, 0.1) is 0 Å². The maximum absolute atomic E-state index is 9.96. The fourth-order valence-electron chi connectivity index (χ4n) is 1.85. The third kappa shape index (κ3) is 1.89. The van der Waals surface area contributed by atoms with Crippen LogP contribution in [0.3, 0.4) is 0 Å². The Kier molecular flexibility index (Phi) is 3.12. The summed E-state index contributed by atoms with van der Waals surface area (Å²) in [6.45, 7) is 0.451. The molecule has 4 nitrogen and oxygen atoms in total. The van der Waals surface area contributed by atoms with Crippen molar-refractivity contribution in [3.8, 4) is 5.75 Å². The van der Waals surface area contributed by atoms with Crippen molar-refractivity contribution in [1.82, 2.24) is 4.98 Å². The first kappa shape index (κ1) is 11.0. The molecule has 16 heavy (non-hydrogen) atoms. The Labute approximate surface area is 94.0 Å². The topological polar surface area (TPSA) is 71.3 Å². The number of aromatic amines is 1. The summed E-state index contributed by atoms with van der Waals surface area (Å²) in [5.74, 6) is 0.702. The fraction of sp³-hybridized carbons (Fsp3) is 0.333. The fourth-order valence-corrected chi connectivity index (χ4v) is 1.85. The first-order chi connectivity index (χ1) is 7.76. The van der Waals surface area contributed by atoms with Crippen molar-refractivity contribution in [2.24, 2.45) is 5.73 Å². The van der Waals surface area contributed by atoms with Gasteiger partial charge in [-0.05, 0) is 31.2 Å². The van der Waals surface area contributed by atoms with Crippen LogP contribution in [0.25, 0.3) is 10.9 Å². The van der Waals surface area contributed by atoms with Gasteiger partial charge in [0, 0.05) is 22.7 Å². The molecular weight excluding hydrogens is 204 g/mol. The van der Waals surface area contributed by atoms with Gasteiger partial charge in [-0.1, -0.05) is 0 Å². The first-order valence-corrected chi connectivity index (χ1v) is 5.29. The summed E-state index contributed by atoms with van der Waals surface area (Å²) in [6, 6.07) is 5.80. The molecule has 0 saturated carbocycles. The van der Waals surface area contributed by atoms with Crippen LogP contribution in [-0.2, 0) is 0 Å². The average molecular weight is 220 g/mol. The quantitative estimate of drug-likeness (QED) is 0.732. The lowest BCUT2D eigenvalue weighted by Gasteiger charge is -2.14. The summed E-state index contributed by atoms with van der Waals surface area (Å²) >= 11 is 0. The van der Waals surface area contributed by atoms with Gasteiger partial charge < -0.3 is 20.6 Å². The molecule has 2 aromatic rings. The smallest absolute Gasteiger partial charge is 0.125 e. The number of hydrogen-bond donors (Lipinski definition) is 3. The molecule has 1 aromatic heterocycles. The highest BCUT2D eigenvalue weighted by molar-refractivity contribution is 5.82. The molecule has 0 aliphatic carbocycles. The number of aliphatic hydroxyl groups is 1. The van der Waals surface area contributed by atoms with E-state index < -0.39 is 6.10 Å². The second-order valence-corrected chi connectivity index (χ2v) is 3.75. The highest BCUT2D eigenvalue weighted by Crippen LogP contribution is 2.31. The molecule has 4 N–H and O–H groups in total. The van der Waals surface area contributed by atoms with Crippen LogP contribution in [0.2, 0.25) is 0 Å². The van der Waals surface area contributed by atoms with Crippen molar-refractivity contribution < 1.29 is 9.84 Å². The normalized spacial score (nSPS) is 12.9. The Hall–Kier alpha value is -1.52. The monoisotopic (exact) mass is 220 g/mol. The predicted molar refractivity (Wildman–Crippen MR) is 63.5 cm³/mol. The molecule has 1 aromatic carbocycles. The highest BCUT2D eigenvalue weighted by atomic mass is 16.5. The molecule has 0 spiro atoms. The highest BCUT2D eigenvalue weighted by Gasteiger charge is 2.14. The first-order valence-electron chi connectivity index (χ1n) is 5.29. The molecule has 1 heterocycles. The molecule has 2 rings (SSSR count). The van der Waals surface area contributed by atoms with Crippen molar-refractivity contribution in [1.29, 1.82) is 0 Å². The predicted octanol–water partition coefficient (Wildman–Crippen LogP) is 1.56. The van der Waals surface area contributed by atoms with Gasteiger partial charge in [0.2, 0.25) is 0 Å². The van der Waals surface area contributed by atoms with Crippen LogP contribution in [0.15, 0.2) is 24.4 Å². The Morgan fingerprint density at radius 2 is 2.31 bits per heavy atom. The van der Waals surface area contributed by atoms with Crippen LogP contribution in [0.4, 0.5) is 0 Å². The number of methoxy groups -OCH3 is 1. The van der Waals surface area contributed by atoms with E-state index in [1.54, 1.807) is 7.11 Å². The number of benzene rings is 1. The largest absolute Gasteiger partial charge is 0.496 e. The minimum absolute atomic E-state index is 0.451.